The van der Waals surface area contributed by atoms with Gasteiger partial charge in [0.15, 0.2) is 0 Å². The molecule has 5 heteroatoms. The Bertz CT molecular complexity index is 451. The van der Waals surface area contributed by atoms with E-state index in [-0.39, 0.29) is 18.8 Å². The van der Waals surface area contributed by atoms with Gasteiger partial charge in [-0.2, -0.15) is 5.26 Å². The van der Waals surface area contributed by atoms with E-state index in [2.05, 4.69) is 15.9 Å². The maximum atomic E-state index is 11.6. The first-order chi connectivity index (χ1) is 7.63. The summed E-state index contributed by atoms with van der Waals surface area (Å²) < 4.78 is 5.31. The molecular weight excluding hydrogens is 274 g/mol. The van der Waals surface area contributed by atoms with Gasteiger partial charge in [0, 0.05) is 4.47 Å². The number of aliphatic hydroxyl groups excluding tert-OH is 1. The summed E-state index contributed by atoms with van der Waals surface area (Å²) in [5, 5.41) is 17.9. The Balaban J connectivity index is 3.28. The number of hydrogen-bond acceptors (Lipinski definition) is 4. The van der Waals surface area contributed by atoms with Crippen molar-refractivity contribution < 1.29 is 14.6 Å². The van der Waals surface area contributed by atoms with E-state index in [1.54, 1.807) is 6.92 Å². The van der Waals surface area contributed by atoms with Crippen LogP contribution in [0.2, 0.25) is 0 Å². The molecule has 0 bridgehead atoms. The molecule has 1 aromatic rings. The summed E-state index contributed by atoms with van der Waals surface area (Å²) in [7, 11) is 0. The Morgan fingerprint density at radius 2 is 2.31 bits per heavy atom. The van der Waals surface area contributed by atoms with Crippen LogP contribution in [-0.4, -0.2) is 17.7 Å². The van der Waals surface area contributed by atoms with Gasteiger partial charge in [-0.1, -0.05) is 0 Å². The highest BCUT2D eigenvalue weighted by Crippen LogP contribution is 2.24. The first-order valence-corrected chi connectivity index (χ1v) is 5.43. The van der Waals surface area contributed by atoms with E-state index >= 15 is 0 Å². The van der Waals surface area contributed by atoms with Crippen LogP contribution in [0.3, 0.4) is 0 Å². The summed E-state index contributed by atoms with van der Waals surface area (Å²) in [5.41, 5.74) is 1.02. The summed E-state index contributed by atoms with van der Waals surface area (Å²) in [6.07, 6.45) is 0. The van der Waals surface area contributed by atoms with E-state index in [0.717, 1.165) is 0 Å². The minimum Gasteiger partial charge on any atom is -0.462 e. The Morgan fingerprint density at radius 3 is 2.81 bits per heavy atom. The SMILES string of the molecule is CCOC(=O)c1c(Br)cc(C#N)cc1CO. The molecule has 0 unspecified atom stereocenters. The summed E-state index contributed by atoms with van der Waals surface area (Å²) in [4.78, 5) is 11.6. The second-order valence-corrected chi connectivity index (χ2v) is 3.84. The van der Waals surface area contributed by atoms with Crippen LogP contribution in [0.5, 0.6) is 0 Å². The Hall–Kier alpha value is -1.38. The fourth-order valence-corrected chi connectivity index (χ4v) is 1.95. The highest BCUT2D eigenvalue weighted by molar-refractivity contribution is 9.10. The zero-order chi connectivity index (χ0) is 12.1. The molecule has 0 amide bonds. The third-order valence-electron chi connectivity index (χ3n) is 1.95. The molecule has 4 nitrogen and oxygen atoms in total. The van der Waals surface area contributed by atoms with E-state index in [9.17, 15) is 4.79 Å². The molecule has 0 atom stereocenters. The maximum Gasteiger partial charge on any atom is 0.339 e. The van der Waals surface area contributed by atoms with Crippen LogP contribution in [0.4, 0.5) is 0 Å². The van der Waals surface area contributed by atoms with Crippen molar-refractivity contribution in [3.8, 4) is 6.07 Å². The zero-order valence-electron chi connectivity index (χ0n) is 8.66. The Morgan fingerprint density at radius 1 is 1.62 bits per heavy atom. The van der Waals surface area contributed by atoms with Gasteiger partial charge in [-0.05, 0) is 40.5 Å². The van der Waals surface area contributed by atoms with Gasteiger partial charge in [-0.15, -0.1) is 0 Å². The number of nitriles is 1. The van der Waals surface area contributed by atoms with Crippen molar-refractivity contribution in [3.05, 3.63) is 33.3 Å². The van der Waals surface area contributed by atoms with Crippen LogP contribution >= 0.6 is 15.9 Å². The average molecular weight is 284 g/mol. The monoisotopic (exact) mass is 283 g/mol. The second kappa shape index (κ2) is 5.64. The van der Waals surface area contributed by atoms with Gasteiger partial charge in [-0.25, -0.2) is 4.79 Å². The van der Waals surface area contributed by atoms with E-state index < -0.39 is 5.97 Å². The van der Waals surface area contributed by atoms with Crippen LogP contribution < -0.4 is 0 Å². The van der Waals surface area contributed by atoms with Crippen molar-refractivity contribution in [1.82, 2.24) is 0 Å². The number of carbonyl (C=O) groups excluding carboxylic acids is 1. The minimum absolute atomic E-state index is 0.260. The predicted molar refractivity (Wildman–Crippen MR) is 60.7 cm³/mol. The number of halogens is 1. The summed E-state index contributed by atoms with van der Waals surface area (Å²) in [5.74, 6) is -0.511. The zero-order valence-corrected chi connectivity index (χ0v) is 10.2. The summed E-state index contributed by atoms with van der Waals surface area (Å²) in [6.45, 7) is 1.65. The number of rotatable bonds is 3. The standard InChI is InChI=1S/C11H10BrNO3/c1-2-16-11(15)10-8(6-14)3-7(5-13)4-9(10)12/h3-4,14H,2,6H2,1H3. The quantitative estimate of drug-likeness (QED) is 0.862. The molecule has 1 rings (SSSR count). The molecule has 84 valence electrons. The topological polar surface area (TPSA) is 70.3 Å². The van der Waals surface area contributed by atoms with Gasteiger partial charge in [0.05, 0.1) is 30.4 Å². The number of ether oxygens (including phenoxy) is 1. The van der Waals surface area contributed by atoms with E-state index in [0.29, 0.717) is 15.6 Å². The molecule has 1 N–H and O–H groups in total. The second-order valence-electron chi connectivity index (χ2n) is 2.98. The molecule has 0 aliphatic heterocycles. The number of benzene rings is 1. The number of aliphatic hydroxyl groups is 1. The first kappa shape index (κ1) is 12.7. The van der Waals surface area contributed by atoms with Gasteiger partial charge < -0.3 is 9.84 Å². The number of carbonyl (C=O) groups is 1. The largest absolute Gasteiger partial charge is 0.462 e. The smallest absolute Gasteiger partial charge is 0.339 e. The van der Waals surface area contributed by atoms with Gasteiger partial charge in [-0.3, -0.25) is 0 Å². The van der Waals surface area contributed by atoms with E-state index in [4.69, 9.17) is 15.1 Å². The summed E-state index contributed by atoms with van der Waals surface area (Å²) in [6, 6.07) is 4.94. The fraction of sp³-hybridized carbons (Fsp3) is 0.273. The fourth-order valence-electron chi connectivity index (χ4n) is 1.28. The Kier molecular flexibility index (Phi) is 4.47. The molecule has 0 aliphatic carbocycles. The van der Waals surface area contributed by atoms with Crippen molar-refractivity contribution in [1.29, 1.82) is 5.26 Å². The lowest BCUT2D eigenvalue weighted by atomic mass is 10.1. The molecule has 16 heavy (non-hydrogen) atoms. The molecule has 0 fully saturated rings. The van der Waals surface area contributed by atoms with Crippen LogP contribution in [-0.2, 0) is 11.3 Å². The third-order valence-corrected chi connectivity index (χ3v) is 2.58. The van der Waals surface area contributed by atoms with Crippen molar-refractivity contribution in [2.45, 2.75) is 13.5 Å². The molecule has 0 heterocycles. The number of nitrogens with zero attached hydrogens (tertiary/aromatic N) is 1. The van der Waals surface area contributed by atoms with Gasteiger partial charge >= 0.3 is 5.97 Å². The van der Waals surface area contributed by atoms with Crippen LogP contribution in [0.25, 0.3) is 0 Å². The van der Waals surface area contributed by atoms with Gasteiger partial charge in [0.2, 0.25) is 0 Å². The maximum absolute atomic E-state index is 11.6. The molecule has 1 aromatic carbocycles. The van der Waals surface area contributed by atoms with Crippen LogP contribution in [0.15, 0.2) is 16.6 Å². The van der Waals surface area contributed by atoms with E-state index in [1.165, 1.54) is 12.1 Å². The highest BCUT2D eigenvalue weighted by atomic mass is 79.9. The molecular formula is C11H10BrNO3. The lowest BCUT2D eigenvalue weighted by molar-refractivity contribution is 0.0521. The number of esters is 1. The summed E-state index contributed by atoms with van der Waals surface area (Å²) >= 11 is 3.19. The molecule has 0 radical (unpaired) electrons. The average Bonchev–Trinajstić information content (AvgIpc) is 2.27. The van der Waals surface area contributed by atoms with Crippen molar-refractivity contribution in [2.24, 2.45) is 0 Å². The molecule has 0 aliphatic rings. The van der Waals surface area contributed by atoms with Crippen molar-refractivity contribution >= 4 is 21.9 Å². The number of hydrogen-bond donors (Lipinski definition) is 1. The van der Waals surface area contributed by atoms with Crippen molar-refractivity contribution in [2.75, 3.05) is 6.61 Å². The predicted octanol–water partition coefficient (Wildman–Crippen LogP) is 1.99. The molecule has 0 spiro atoms. The minimum atomic E-state index is -0.511. The Labute approximate surface area is 102 Å². The first-order valence-electron chi connectivity index (χ1n) is 4.64. The molecule has 0 saturated heterocycles. The van der Waals surface area contributed by atoms with Gasteiger partial charge in [0.25, 0.3) is 0 Å². The van der Waals surface area contributed by atoms with E-state index in [1.807, 2.05) is 6.07 Å². The molecule has 0 saturated carbocycles. The van der Waals surface area contributed by atoms with Crippen LogP contribution in [0.1, 0.15) is 28.4 Å². The lowest BCUT2D eigenvalue weighted by Crippen LogP contribution is -2.09. The van der Waals surface area contributed by atoms with Crippen LogP contribution in [0, 0.1) is 11.3 Å². The molecule has 0 aromatic heterocycles. The highest BCUT2D eigenvalue weighted by Gasteiger charge is 2.17. The normalized spacial score (nSPS) is 9.62. The van der Waals surface area contributed by atoms with Crippen molar-refractivity contribution in [3.63, 3.8) is 0 Å². The lowest BCUT2D eigenvalue weighted by Gasteiger charge is -2.09. The third kappa shape index (κ3) is 2.60. The van der Waals surface area contributed by atoms with Gasteiger partial charge in [0.1, 0.15) is 0 Å².